The predicted molar refractivity (Wildman–Crippen MR) is 122 cm³/mol. The first-order valence-corrected chi connectivity index (χ1v) is 10.9. The lowest BCUT2D eigenvalue weighted by Gasteiger charge is -2.19. The first-order valence-electron chi connectivity index (χ1n) is 10.9. The maximum absolute atomic E-state index is 12.8. The molecule has 6 heteroatoms. The van der Waals surface area contributed by atoms with E-state index >= 15 is 0 Å². The van der Waals surface area contributed by atoms with Gasteiger partial charge in [-0.1, -0.05) is 38.1 Å². The van der Waals surface area contributed by atoms with Crippen LogP contribution in [0.5, 0.6) is 5.75 Å². The normalized spacial score (nSPS) is 16.7. The summed E-state index contributed by atoms with van der Waals surface area (Å²) in [6, 6.07) is 13.0. The first-order chi connectivity index (χ1) is 14.8. The van der Waals surface area contributed by atoms with E-state index in [1.54, 1.807) is 31.2 Å². The number of carbonyl (C=O) groups excluding carboxylic acids is 2. The van der Waals surface area contributed by atoms with E-state index in [2.05, 4.69) is 30.5 Å². The van der Waals surface area contributed by atoms with Crippen LogP contribution in [0.4, 0.5) is 5.69 Å². The Morgan fingerprint density at radius 2 is 1.94 bits per heavy atom. The van der Waals surface area contributed by atoms with Crippen LogP contribution >= 0.6 is 0 Å². The average Bonchev–Trinajstić information content (AvgIpc) is 3.27. The summed E-state index contributed by atoms with van der Waals surface area (Å²) in [5.74, 6) is 0.512. The van der Waals surface area contributed by atoms with Crippen molar-refractivity contribution in [3.05, 3.63) is 59.2 Å². The van der Waals surface area contributed by atoms with Crippen LogP contribution in [0.1, 0.15) is 61.0 Å². The second kappa shape index (κ2) is 10.4. The Morgan fingerprint density at radius 3 is 2.65 bits per heavy atom. The van der Waals surface area contributed by atoms with Crippen molar-refractivity contribution in [2.24, 2.45) is 0 Å². The third-order valence-electron chi connectivity index (χ3n) is 5.50. The number of ether oxygens (including phenoxy) is 2. The number of benzene rings is 2. The summed E-state index contributed by atoms with van der Waals surface area (Å²) in [7, 11) is 0. The molecule has 3 rings (SSSR count). The smallest absolute Gasteiger partial charge is 0.265 e. The lowest BCUT2D eigenvalue weighted by Crippen LogP contribution is -2.34. The first kappa shape index (κ1) is 22.8. The molecule has 1 fully saturated rings. The standard InChI is InChI=1S/C25H32N2O4/c1-16(2)19-12-11-17(3)23(14-19)31-18(4)24(28)27-22-10-6-5-9-21(22)25(29)26-15-20-8-7-13-30-20/h5-6,9-12,14,16,18,20H,7-8,13,15H2,1-4H3,(H,26,29)(H,27,28). The highest BCUT2D eigenvalue weighted by Crippen LogP contribution is 2.25. The Hall–Kier alpha value is -2.86. The van der Waals surface area contributed by atoms with Crippen LogP contribution in [0.25, 0.3) is 0 Å². The van der Waals surface area contributed by atoms with Crippen LogP contribution in [0.2, 0.25) is 0 Å². The van der Waals surface area contributed by atoms with E-state index in [0.717, 1.165) is 30.6 Å². The third kappa shape index (κ3) is 6.07. The highest BCUT2D eigenvalue weighted by Gasteiger charge is 2.21. The van der Waals surface area contributed by atoms with Gasteiger partial charge < -0.3 is 20.1 Å². The fourth-order valence-electron chi connectivity index (χ4n) is 3.48. The van der Waals surface area contributed by atoms with Gasteiger partial charge in [-0.3, -0.25) is 9.59 Å². The molecule has 1 heterocycles. The number of hydrogen-bond donors (Lipinski definition) is 2. The molecule has 166 valence electrons. The van der Waals surface area contributed by atoms with Gasteiger partial charge in [-0.2, -0.15) is 0 Å². The monoisotopic (exact) mass is 424 g/mol. The fourth-order valence-corrected chi connectivity index (χ4v) is 3.48. The molecule has 0 saturated carbocycles. The van der Waals surface area contributed by atoms with Crippen LogP contribution < -0.4 is 15.4 Å². The zero-order valence-corrected chi connectivity index (χ0v) is 18.7. The van der Waals surface area contributed by atoms with Gasteiger partial charge in [0.25, 0.3) is 11.8 Å². The molecule has 0 radical (unpaired) electrons. The second-order valence-electron chi connectivity index (χ2n) is 8.32. The molecule has 0 aromatic heterocycles. The quantitative estimate of drug-likeness (QED) is 0.657. The zero-order chi connectivity index (χ0) is 22.4. The van der Waals surface area contributed by atoms with Gasteiger partial charge in [-0.05, 0) is 61.9 Å². The van der Waals surface area contributed by atoms with Crippen LogP contribution in [0.3, 0.4) is 0 Å². The zero-order valence-electron chi connectivity index (χ0n) is 18.7. The summed E-state index contributed by atoms with van der Waals surface area (Å²) in [5.41, 5.74) is 3.00. The topological polar surface area (TPSA) is 76.7 Å². The Bertz CT molecular complexity index is 919. The minimum absolute atomic E-state index is 0.0592. The van der Waals surface area contributed by atoms with E-state index in [1.807, 2.05) is 19.1 Å². The largest absolute Gasteiger partial charge is 0.481 e. The van der Waals surface area contributed by atoms with Crippen molar-refractivity contribution < 1.29 is 19.1 Å². The van der Waals surface area contributed by atoms with E-state index in [9.17, 15) is 9.59 Å². The number of anilines is 1. The van der Waals surface area contributed by atoms with E-state index in [0.29, 0.717) is 29.5 Å². The molecule has 6 nitrogen and oxygen atoms in total. The number of carbonyl (C=O) groups is 2. The van der Waals surface area contributed by atoms with Crippen molar-refractivity contribution in [3.8, 4) is 5.75 Å². The van der Waals surface area contributed by atoms with Crippen molar-refractivity contribution in [3.63, 3.8) is 0 Å². The van der Waals surface area contributed by atoms with E-state index in [-0.39, 0.29) is 17.9 Å². The highest BCUT2D eigenvalue weighted by molar-refractivity contribution is 6.04. The molecule has 0 bridgehead atoms. The van der Waals surface area contributed by atoms with Crippen LogP contribution in [0, 0.1) is 6.92 Å². The molecule has 2 N–H and O–H groups in total. The van der Waals surface area contributed by atoms with Gasteiger partial charge in [-0.25, -0.2) is 0 Å². The number of amides is 2. The molecule has 2 aromatic carbocycles. The summed E-state index contributed by atoms with van der Waals surface area (Å²) >= 11 is 0. The lowest BCUT2D eigenvalue weighted by atomic mass is 10.0. The Labute approximate surface area is 184 Å². The molecule has 2 amide bonds. The maximum Gasteiger partial charge on any atom is 0.265 e. The minimum atomic E-state index is -0.718. The molecule has 2 unspecified atom stereocenters. The van der Waals surface area contributed by atoms with E-state index in [4.69, 9.17) is 9.47 Å². The van der Waals surface area contributed by atoms with Gasteiger partial charge in [0.2, 0.25) is 0 Å². The van der Waals surface area contributed by atoms with Gasteiger partial charge in [0, 0.05) is 13.2 Å². The number of nitrogens with one attached hydrogen (secondary N) is 2. The van der Waals surface area contributed by atoms with Gasteiger partial charge in [0.15, 0.2) is 6.10 Å². The van der Waals surface area contributed by atoms with Crippen molar-refractivity contribution in [1.29, 1.82) is 0 Å². The van der Waals surface area contributed by atoms with Crippen molar-refractivity contribution in [2.45, 2.75) is 58.7 Å². The van der Waals surface area contributed by atoms with Crippen LogP contribution in [-0.2, 0) is 9.53 Å². The van der Waals surface area contributed by atoms with E-state index < -0.39 is 6.10 Å². The molecular formula is C25H32N2O4. The van der Waals surface area contributed by atoms with Crippen molar-refractivity contribution in [1.82, 2.24) is 5.32 Å². The SMILES string of the molecule is Cc1ccc(C(C)C)cc1OC(C)C(=O)Nc1ccccc1C(=O)NCC1CCCO1. The number of rotatable bonds is 8. The summed E-state index contributed by atoms with van der Waals surface area (Å²) in [6.07, 6.45) is 1.31. The van der Waals surface area contributed by atoms with Gasteiger partial charge >= 0.3 is 0 Å². The minimum Gasteiger partial charge on any atom is -0.481 e. The number of para-hydroxylation sites is 1. The Kier molecular flexibility index (Phi) is 7.69. The van der Waals surface area contributed by atoms with Gasteiger partial charge in [0.1, 0.15) is 5.75 Å². The average molecular weight is 425 g/mol. The second-order valence-corrected chi connectivity index (χ2v) is 8.32. The summed E-state index contributed by atoms with van der Waals surface area (Å²) in [6.45, 7) is 9.10. The third-order valence-corrected chi connectivity index (χ3v) is 5.50. The molecule has 1 aliphatic heterocycles. The lowest BCUT2D eigenvalue weighted by molar-refractivity contribution is -0.122. The molecule has 0 aliphatic carbocycles. The van der Waals surface area contributed by atoms with Crippen molar-refractivity contribution >= 4 is 17.5 Å². The molecule has 2 aromatic rings. The predicted octanol–water partition coefficient (Wildman–Crippen LogP) is 4.43. The molecule has 1 aliphatic rings. The maximum atomic E-state index is 12.8. The number of hydrogen-bond acceptors (Lipinski definition) is 4. The van der Waals surface area contributed by atoms with Crippen LogP contribution in [0.15, 0.2) is 42.5 Å². The number of aryl methyl sites for hydroxylation is 1. The van der Waals surface area contributed by atoms with Crippen LogP contribution in [-0.4, -0.2) is 37.2 Å². The van der Waals surface area contributed by atoms with Crippen molar-refractivity contribution in [2.75, 3.05) is 18.5 Å². The Morgan fingerprint density at radius 1 is 1.16 bits per heavy atom. The molecular weight excluding hydrogens is 392 g/mol. The molecule has 0 spiro atoms. The highest BCUT2D eigenvalue weighted by atomic mass is 16.5. The van der Waals surface area contributed by atoms with E-state index in [1.165, 1.54) is 0 Å². The fraction of sp³-hybridized carbons (Fsp3) is 0.440. The Balaban J connectivity index is 1.65. The van der Waals surface area contributed by atoms with Gasteiger partial charge in [-0.15, -0.1) is 0 Å². The van der Waals surface area contributed by atoms with Gasteiger partial charge in [0.05, 0.1) is 17.4 Å². The molecule has 2 atom stereocenters. The molecule has 31 heavy (non-hydrogen) atoms. The molecule has 1 saturated heterocycles. The summed E-state index contributed by atoms with van der Waals surface area (Å²) in [4.78, 5) is 25.5. The summed E-state index contributed by atoms with van der Waals surface area (Å²) in [5, 5.41) is 5.74. The summed E-state index contributed by atoms with van der Waals surface area (Å²) < 4.78 is 11.5.